The normalized spacial score (nSPS) is 11.5. The Kier molecular flexibility index (Phi) is 5.49. The fraction of sp³-hybridized carbons (Fsp3) is 0.600. The van der Waals surface area contributed by atoms with E-state index in [-0.39, 0.29) is 0 Å². The van der Waals surface area contributed by atoms with Gasteiger partial charge in [0.05, 0.1) is 0 Å². The number of rotatable bonds is 7. The monoisotopic (exact) mass is 234 g/mol. The fourth-order valence-electron chi connectivity index (χ4n) is 2.08. The summed E-state index contributed by atoms with van der Waals surface area (Å²) < 4.78 is 0. The Morgan fingerprint density at radius 1 is 1.18 bits per heavy atom. The van der Waals surface area contributed by atoms with Crippen LogP contribution in [0, 0.1) is 5.41 Å². The van der Waals surface area contributed by atoms with Crippen molar-refractivity contribution in [1.29, 1.82) is 0 Å². The SMILES string of the molecule is CCCNCC(C)(C)CN(C)c1ccccc1. The Morgan fingerprint density at radius 3 is 2.41 bits per heavy atom. The van der Waals surface area contributed by atoms with Crippen LogP contribution in [0.1, 0.15) is 27.2 Å². The maximum absolute atomic E-state index is 3.51. The first-order valence-corrected chi connectivity index (χ1v) is 6.52. The van der Waals surface area contributed by atoms with Gasteiger partial charge in [0, 0.05) is 25.8 Å². The summed E-state index contributed by atoms with van der Waals surface area (Å²) in [4.78, 5) is 2.33. The Balaban J connectivity index is 2.46. The van der Waals surface area contributed by atoms with E-state index in [1.807, 2.05) is 0 Å². The van der Waals surface area contributed by atoms with Crippen molar-refractivity contribution in [3.05, 3.63) is 30.3 Å². The number of hydrogen-bond acceptors (Lipinski definition) is 2. The van der Waals surface area contributed by atoms with Gasteiger partial charge >= 0.3 is 0 Å². The van der Waals surface area contributed by atoms with Crippen LogP contribution in [0.15, 0.2) is 30.3 Å². The molecular formula is C15H26N2. The van der Waals surface area contributed by atoms with Gasteiger partial charge in [0.15, 0.2) is 0 Å². The van der Waals surface area contributed by atoms with Crippen LogP contribution < -0.4 is 10.2 Å². The summed E-state index contributed by atoms with van der Waals surface area (Å²) in [6.07, 6.45) is 1.20. The number of hydrogen-bond donors (Lipinski definition) is 1. The summed E-state index contributed by atoms with van der Waals surface area (Å²) in [7, 11) is 2.16. The summed E-state index contributed by atoms with van der Waals surface area (Å²) in [6, 6.07) is 10.6. The molecule has 0 atom stereocenters. The van der Waals surface area contributed by atoms with Crippen molar-refractivity contribution in [3.63, 3.8) is 0 Å². The Morgan fingerprint density at radius 2 is 1.82 bits per heavy atom. The molecule has 0 aromatic heterocycles. The third kappa shape index (κ3) is 5.22. The quantitative estimate of drug-likeness (QED) is 0.729. The first-order valence-electron chi connectivity index (χ1n) is 6.52. The molecule has 96 valence electrons. The van der Waals surface area contributed by atoms with Gasteiger partial charge in [-0.1, -0.05) is 39.0 Å². The molecule has 1 aromatic rings. The largest absolute Gasteiger partial charge is 0.374 e. The molecule has 17 heavy (non-hydrogen) atoms. The minimum absolute atomic E-state index is 0.291. The molecule has 1 aromatic carbocycles. The van der Waals surface area contributed by atoms with Crippen LogP contribution in [0.2, 0.25) is 0 Å². The molecule has 2 nitrogen and oxygen atoms in total. The molecule has 0 heterocycles. The third-order valence-electron chi connectivity index (χ3n) is 2.89. The van der Waals surface area contributed by atoms with E-state index in [1.165, 1.54) is 12.1 Å². The zero-order valence-electron chi connectivity index (χ0n) is 11.7. The lowest BCUT2D eigenvalue weighted by molar-refractivity contribution is 0.347. The lowest BCUT2D eigenvalue weighted by atomic mass is 9.92. The fourth-order valence-corrected chi connectivity index (χ4v) is 2.08. The van der Waals surface area contributed by atoms with Crippen LogP contribution in [0.3, 0.4) is 0 Å². The maximum Gasteiger partial charge on any atom is 0.0363 e. The second-order valence-electron chi connectivity index (χ2n) is 5.53. The minimum atomic E-state index is 0.291. The molecule has 1 N–H and O–H groups in total. The molecule has 0 spiro atoms. The molecule has 0 radical (unpaired) electrons. The summed E-state index contributed by atoms with van der Waals surface area (Å²) in [5.41, 5.74) is 1.58. The molecule has 1 rings (SSSR count). The van der Waals surface area contributed by atoms with E-state index < -0.39 is 0 Å². The average Bonchev–Trinajstić information content (AvgIpc) is 2.30. The van der Waals surface area contributed by atoms with Crippen LogP contribution >= 0.6 is 0 Å². The van der Waals surface area contributed by atoms with Gasteiger partial charge in [0.25, 0.3) is 0 Å². The van der Waals surface area contributed by atoms with E-state index in [2.05, 4.69) is 68.4 Å². The van der Waals surface area contributed by atoms with Crippen molar-refractivity contribution in [2.75, 3.05) is 31.6 Å². The standard InChI is InChI=1S/C15H26N2/c1-5-11-16-12-15(2,3)13-17(4)14-9-7-6-8-10-14/h6-10,16H,5,11-13H2,1-4H3. The highest BCUT2D eigenvalue weighted by atomic mass is 15.1. The second-order valence-corrected chi connectivity index (χ2v) is 5.53. The average molecular weight is 234 g/mol. The van der Waals surface area contributed by atoms with Crippen LogP contribution in [0.5, 0.6) is 0 Å². The summed E-state index contributed by atoms with van der Waals surface area (Å²) in [6.45, 7) is 10.1. The predicted molar refractivity (Wildman–Crippen MR) is 76.7 cm³/mol. The molecule has 0 amide bonds. The number of anilines is 1. The lowest BCUT2D eigenvalue weighted by Crippen LogP contribution is -2.39. The van der Waals surface area contributed by atoms with Gasteiger partial charge in [0.1, 0.15) is 0 Å². The van der Waals surface area contributed by atoms with E-state index in [4.69, 9.17) is 0 Å². The van der Waals surface area contributed by atoms with Crippen molar-refractivity contribution in [2.45, 2.75) is 27.2 Å². The number of para-hydroxylation sites is 1. The third-order valence-corrected chi connectivity index (χ3v) is 2.89. The zero-order valence-corrected chi connectivity index (χ0v) is 11.7. The summed E-state index contributed by atoms with van der Waals surface area (Å²) >= 11 is 0. The van der Waals surface area contributed by atoms with Crippen molar-refractivity contribution in [1.82, 2.24) is 5.32 Å². The van der Waals surface area contributed by atoms with Crippen molar-refractivity contribution in [3.8, 4) is 0 Å². The Labute approximate surface area is 106 Å². The van der Waals surface area contributed by atoms with Crippen LogP contribution in [0.4, 0.5) is 5.69 Å². The van der Waals surface area contributed by atoms with Crippen LogP contribution in [0.25, 0.3) is 0 Å². The molecule has 0 fully saturated rings. The minimum Gasteiger partial charge on any atom is -0.374 e. The lowest BCUT2D eigenvalue weighted by Gasteiger charge is -2.32. The Bertz CT molecular complexity index is 306. The maximum atomic E-state index is 3.51. The molecule has 0 bridgehead atoms. The van der Waals surface area contributed by atoms with Gasteiger partial charge in [-0.3, -0.25) is 0 Å². The van der Waals surface area contributed by atoms with Gasteiger partial charge in [-0.25, -0.2) is 0 Å². The highest BCUT2D eigenvalue weighted by Crippen LogP contribution is 2.19. The van der Waals surface area contributed by atoms with E-state index in [1.54, 1.807) is 0 Å². The van der Waals surface area contributed by atoms with E-state index in [0.29, 0.717) is 5.41 Å². The smallest absolute Gasteiger partial charge is 0.0363 e. The van der Waals surface area contributed by atoms with Crippen LogP contribution in [-0.4, -0.2) is 26.7 Å². The molecule has 0 unspecified atom stereocenters. The predicted octanol–water partition coefficient (Wildman–Crippen LogP) is 3.15. The van der Waals surface area contributed by atoms with Crippen LogP contribution in [-0.2, 0) is 0 Å². The van der Waals surface area contributed by atoms with Gasteiger partial charge in [-0.2, -0.15) is 0 Å². The van der Waals surface area contributed by atoms with Gasteiger partial charge < -0.3 is 10.2 Å². The molecule has 0 aliphatic carbocycles. The van der Waals surface area contributed by atoms with Crippen molar-refractivity contribution >= 4 is 5.69 Å². The molecule has 0 aliphatic heterocycles. The summed E-state index contributed by atoms with van der Waals surface area (Å²) in [5, 5.41) is 3.51. The molecule has 0 aliphatic rings. The topological polar surface area (TPSA) is 15.3 Å². The van der Waals surface area contributed by atoms with E-state index >= 15 is 0 Å². The first-order chi connectivity index (χ1) is 8.05. The van der Waals surface area contributed by atoms with E-state index in [9.17, 15) is 0 Å². The Hall–Kier alpha value is -1.02. The number of benzene rings is 1. The van der Waals surface area contributed by atoms with Gasteiger partial charge in [0.2, 0.25) is 0 Å². The highest BCUT2D eigenvalue weighted by Gasteiger charge is 2.19. The molecule has 0 saturated heterocycles. The van der Waals surface area contributed by atoms with Crippen molar-refractivity contribution in [2.24, 2.45) is 5.41 Å². The second kappa shape index (κ2) is 6.65. The van der Waals surface area contributed by atoms with E-state index in [0.717, 1.165) is 19.6 Å². The molecule has 2 heteroatoms. The number of nitrogens with zero attached hydrogens (tertiary/aromatic N) is 1. The van der Waals surface area contributed by atoms with Gasteiger partial charge in [-0.05, 0) is 30.5 Å². The first kappa shape index (κ1) is 14.0. The summed E-state index contributed by atoms with van der Waals surface area (Å²) in [5.74, 6) is 0. The highest BCUT2D eigenvalue weighted by molar-refractivity contribution is 5.45. The molecule has 0 saturated carbocycles. The van der Waals surface area contributed by atoms with Crippen molar-refractivity contribution < 1.29 is 0 Å². The number of nitrogens with one attached hydrogen (secondary N) is 1. The zero-order chi connectivity index (χ0) is 12.7. The molecular weight excluding hydrogens is 208 g/mol. The van der Waals surface area contributed by atoms with Gasteiger partial charge in [-0.15, -0.1) is 0 Å².